The van der Waals surface area contributed by atoms with E-state index in [1.807, 2.05) is 0 Å². The summed E-state index contributed by atoms with van der Waals surface area (Å²) in [6.45, 7) is 8.13. The fraction of sp³-hybridized carbons (Fsp3) is 0.552. The number of amides is 1. The summed E-state index contributed by atoms with van der Waals surface area (Å²) in [5.41, 5.74) is 2.42. The highest BCUT2D eigenvalue weighted by atomic mass is 19.1. The molecular weight excluding hydrogens is 462 g/mol. The lowest BCUT2D eigenvalue weighted by atomic mass is 9.73. The predicted molar refractivity (Wildman–Crippen MR) is 138 cm³/mol. The Hall–Kier alpha value is -2.35. The molecule has 2 unspecified atom stereocenters. The molecule has 0 saturated heterocycles. The molecule has 0 spiro atoms. The number of carbonyl (C=O) groups excluding carboxylic acids is 1. The number of aliphatic hydroxyl groups excluding tert-OH is 1. The maximum atomic E-state index is 13.7. The van der Waals surface area contributed by atoms with Crippen molar-refractivity contribution in [2.24, 2.45) is 0 Å². The topological polar surface area (TPSA) is 70.6 Å². The zero-order valence-electron chi connectivity index (χ0n) is 22.0. The Morgan fingerprint density at radius 2 is 1.78 bits per heavy atom. The van der Waals surface area contributed by atoms with Gasteiger partial charge in [-0.1, -0.05) is 45.0 Å². The van der Waals surface area contributed by atoms with E-state index in [4.69, 9.17) is 4.74 Å². The van der Waals surface area contributed by atoms with Gasteiger partial charge in [0, 0.05) is 32.2 Å². The average Bonchev–Trinajstić information content (AvgIpc) is 2.81. The second kappa shape index (κ2) is 11.8. The quantitative estimate of drug-likeness (QED) is 0.463. The lowest BCUT2D eigenvalue weighted by molar-refractivity contribution is -0.120. The Kier molecular flexibility index (Phi) is 9.25. The summed E-state index contributed by atoms with van der Waals surface area (Å²) in [6, 6.07) is 11.1. The largest absolute Gasteiger partial charge is 0.390 e. The minimum absolute atomic E-state index is 0.00280. The minimum Gasteiger partial charge on any atom is -0.390 e. The molecule has 1 aliphatic rings. The molecule has 0 heterocycles. The first kappa shape index (κ1) is 28.2. The summed E-state index contributed by atoms with van der Waals surface area (Å²) in [5, 5.41) is 17.5. The van der Waals surface area contributed by atoms with Gasteiger partial charge >= 0.3 is 0 Å². The Balaban J connectivity index is 1.83. The van der Waals surface area contributed by atoms with Crippen LogP contribution in [-0.4, -0.2) is 42.9 Å². The third-order valence-corrected chi connectivity index (χ3v) is 7.28. The van der Waals surface area contributed by atoms with Gasteiger partial charge < -0.3 is 20.5 Å². The van der Waals surface area contributed by atoms with E-state index >= 15 is 0 Å². The summed E-state index contributed by atoms with van der Waals surface area (Å²) < 4.78 is 33.1. The molecule has 2 aromatic carbocycles. The molecule has 7 heteroatoms. The van der Waals surface area contributed by atoms with Crippen molar-refractivity contribution in [2.75, 3.05) is 13.7 Å². The van der Waals surface area contributed by atoms with E-state index in [2.05, 4.69) is 55.7 Å². The summed E-state index contributed by atoms with van der Waals surface area (Å²) in [4.78, 5) is 11.9. The molecule has 1 saturated carbocycles. The Morgan fingerprint density at radius 1 is 1.14 bits per heavy atom. The van der Waals surface area contributed by atoms with Crippen LogP contribution in [0.1, 0.15) is 70.1 Å². The van der Waals surface area contributed by atoms with Crippen LogP contribution in [0.15, 0.2) is 42.5 Å². The molecule has 1 aliphatic carbocycles. The maximum absolute atomic E-state index is 13.7. The summed E-state index contributed by atoms with van der Waals surface area (Å²) >= 11 is 0. The smallest absolute Gasteiger partial charge is 0.217 e. The van der Waals surface area contributed by atoms with E-state index in [1.165, 1.54) is 30.2 Å². The van der Waals surface area contributed by atoms with Gasteiger partial charge in [-0.05, 0) is 66.3 Å². The van der Waals surface area contributed by atoms with Crippen molar-refractivity contribution < 1.29 is 23.4 Å². The van der Waals surface area contributed by atoms with Crippen LogP contribution in [-0.2, 0) is 26.9 Å². The molecular formula is C29H40F2N2O3. The minimum atomic E-state index is -0.969. The lowest BCUT2D eigenvalue weighted by Gasteiger charge is -2.42. The molecule has 5 nitrogen and oxygen atoms in total. The van der Waals surface area contributed by atoms with Crippen molar-refractivity contribution in [3.05, 3.63) is 70.8 Å². The molecule has 2 atom stereocenters. The molecule has 1 fully saturated rings. The SMILES string of the molecule is COC1CCC(NCC(O)C(Cc2cc(F)cc(F)c2)NC(C)=O)(c2cccc(C(C)(C)C)c2)CC1. The number of nitrogens with one attached hydrogen (secondary N) is 2. The van der Waals surface area contributed by atoms with Gasteiger partial charge in [0.2, 0.25) is 5.91 Å². The van der Waals surface area contributed by atoms with E-state index in [9.17, 15) is 18.7 Å². The molecule has 3 N–H and O–H groups in total. The molecule has 1 amide bonds. The van der Waals surface area contributed by atoms with Crippen LogP contribution in [0.3, 0.4) is 0 Å². The lowest BCUT2D eigenvalue weighted by Crippen LogP contribution is -2.53. The first-order valence-corrected chi connectivity index (χ1v) is 12.7. The number of benzene rings is 2. The van der Waals surface area contributed by atoms with Crippen LogP contribution >= 0.6 is 0 Å². The summed E-state index contributed by atoms with van der Waals surface area (Å²) in [5.74, 6) is -1.69. The van der Waals surface area contributed by atoms with Crippen LogP contribution in [0.2, 0.25) is 0 Å². The Bertz CT molecular complexity index is 1010. The van der Waals surface area contributed by atoms with Gasteiger partial charge in [-0.25, -0.2) is 8.78 Å². The molecule has 0 radical (unpaired) electrons. The first-order valence-electron chi connectivity index (χ1n) is 12.7. The van der Waals surface area contributed by atoms with Crippen molar-refractivity contribution in [1.82, 2.24) is 10.6 Å². The van der Waals surface area contributed by atoms with E-state index in [-0.39, 0.29) is 35.9 Å². The van der Waals surface area contributed by atoms with E-state index in [1.54, 1.807) is 7.11 Å². The van der Waals surface area contributed by atoms with Crippen LogP contribution < -0.4 is 10.6 Å². The van der Waals surface area contributed by atoms with Gasteiger partial charge in [-0.15, -0.1) is 0 Å². The third kappa shape index (κ3) is 7.34. The predicted octanol–water partition coefficient (Wildman–Crippen LogP) is 4.74. The number of hydrogen-bond acceptors (Lipinski definition) is 4. The molecule has 0 aliphatic heterocycles. The zero-order valence-corrected chi connectivity index (χ0v) is 22.0. The van der Waals surface area contributed by atoms with Gasteiger partial charge in [0.1, 0.15) is 11.6 Å². The summed E-state index contributed by atoms with van der Waals surface area (Å²) in [7, 11) is 1.74. The second-order valence-corrected chi connectivity index (χ2v) is 11.1. The van der Waals surface area contributed by atoms with Crippen LogP contribution in [0, 0.1) is 11.6 Å². The van der Waals surface area contributed by atoms with Crippen molar-refractivity contribution in [3.8, 4) is 0 Å². The number of halogens is 2. The third-order valence-electron chi connectivity index (χ3n) is 7.28. The van der Waals surface area contributed by atoms with Gasteiger partial charge in [-0.3, -0.25) is 4.79 Å². The normalized spacial score (nSPS) is 22.2. The van der Waals surface area contributed by atoms with Crippen LogP contribution in [0.4, 0.5) is 8.78 Å². The van der Waals surface area contributed by atoms with E-state index in [0.29, 0.717) is 5.56 Å². The van der Waals surface area contributed by atoms with Gasteiger partial charge in [0.05, 0.1) is 18.2 Å². The first-order chi connectivity index (χ1) is 16.9. The average molecular weight is 503 g/mol. The summed E-state index contributed by atoms with van der Waals surface area (Å²) in [6.07, 6.45) is 2.79. The highest BCUT2D eigenvalue weighted by Gasteiger charge is 2.38. The highest BCUT2D eigenvalue weighted by Crippen LogP contribution is 2.39. The zero-order chi connectivity index (χ0) is 26.5. The molecule has 36 heavy (non-hydrogen) atoms. The van der Waals surface area contributed by atoms with Crippen molar-refractivity contribution in [1.29, 1.82) is 0 Å². The highest BCUT2D eigenvalue weighted by molar-refractivity contribution is 5.73. The van der Waals surface area contributed by atoms with E-state index < -0.39 is 23.8 Å². The van der Waals surface area contributed by atoms with Gasteiger partial charge in [0.25, 0.3) is 0 Å². The van der Waals surface area contributed by atoms with Crippen molar-refractivity contribution in [3.63, 3.8) is 0 Å². The van der Waals surface area contributed by atoms with Crippen molar-refractivity contribution in [2.45, 2.75) is 89.0 Å². The number of methoxy groups -OCH3 is 1. The molecule has 198 valence electrons. The van der Waals surface area contributed by atoms with E-state index in [0.717, 1.165) is 31.7 Å². The molecule has 3 rings (SSSR count). The molecule has 2 aromatic rings. The number of hydrogen-bond donors (Lipinski definition) is 3. The number of ether oxygens (including phenoxy) is 1. The maximum Gasteiger partial charge on any atom is 0.217 e. The monoisotopic (exact) mass is 502 g/mol. The van der Waals surface area contributed by atoms with Gasteiger partial charge in [0.15, 0.2) is 0 Å². The number of carbonyl (C=O) groups is 1. The van der Waals surface area contributed by atoms with Crippen LogP contribution in [0.25, 0.3) is 0 Å². The Morgan fingerprint density at radius 3 is 2.33 bits per heavy atom. The number of aliphatic hydroxyl groups is 1. The van der Waals surface area contributed by atoms with Crippen molar-refractivity contribution >= 4 is 5.91 Å². The fourth-order valence-electron chi connectivity index (χ4n) is 5.14. The standard InChI is InChI=1S/C29H40F2N2O3/c1-19(34)33-26(15-20-13-23(30)17-24(31)14-20)27(35)18-32-29(11-9-25(36-5)10-12-29)22-8-6-7-21(16-22)28(2,3)4/h6-8,13-14,16-17,25-27,32,35H,9-12,15,18H2,1-5H3,(H,33,34). The Labute approximate surface area is 213 Å². The molecule has 0 aromatic heterocycles. The van der Waals surface area contributed by atoms with Crippen LogP contribution in [0.5, 0.6) is 0 Å². The number of rotatable bonds is 9. The second-order valence-electron chi connectivity index (χ2n) is 11.1. The van der Waals surface area contributed by atoms with Gasteiger partial charge in [-0.2, -0.15) is 0 Å². The molecule has 0 bridgehead atoms. The fourth-order valence-corrected chi connectivity index (χ4v) is 5.14.